The summed E-state index contributed by atoms with van der Waals surface area (Å²) in [6, 6.07) is 14.0. The Morgan fingerprint density at radius 2 is 1.94 bits per heavy atom. The summed E-state index contributed by atoms with van der Waals surface area (Å²) in [6.07, 6.45) is 2.05. The molecule has 18 heavy (non-hydrogen) atoms. The average Bonchev–Trinajstić information content (AvgIpc) is 2.38. The lowest BCUT2D eigenvalue weighted by Gasteiger charge is -2.13. The summed E-state index contributed by atoms with van der Waals surface area (Å²) in [4.78, 5) is 1.17. The Labute approximate surface area is 112 Å². The number of hydrogen-bond acceptors (Lipinski definition) is 3. The van der Waals surface area contributed by atoms with Crippen LogP contribution in [0.5, 0.6) is 11.5 Å². The molecule has 0 aromatic heterocycles. The lowest BCUT2D eigenvalue weighted by atomic mass is 10.2. The summed E-state index contributed by atoms with van der Waals surface area (Å²) in [5.41, 5.74) is 8.06. The summed E-state index contributed by atoms with van der Waals surface area (Å²) < 4.78 is 5.93. The van der Waals surface area contributed by atoms with Crippen molar-refractivity contribution in [1.29, 1.82) is 0 Å². The molecule has 0 fully saturated rings. The molecule has 0 amide bonds. The van der Waals surface area contributed by atoms with Crippen LogP contribution in [-0.4, -0.2) is 6.26 Å². The topological polar surface area (TPSA) is 35.2 Å². The molecule has 2 N–H and O–H groups in total. The van der Waals surface area contributed by atoms with E-state index in [1.807, 2.05) is 36.6 Å². The normalized spacial score (nSPS) is 10.4. The van der Waals surface area contributed by atoms with Crippen LogP contribution >= 0.6 is 11.8 Å². The Kier molecular flexibility index (Phi) is 4.28. The van der Waals surface area contributed by atoms with Gasteiger partial charge in [-0.05, 0) is 43.0 Å². The van der Waals surface area contributed by atoms with Crippen molar-refractivity contribution < 1.29 is 4.74 Å². The fourth-order valence-corrected chi connectivity index (χ4v) is 2.48. The van der Waals surface area contributed by atoms with Crippen molar-refractivity contribution >= 4 is 11.8 Å². The van der Waals surface area contributed by atoms with Gasteiger partial charge < -0.3 is 10.5 Å². The highest BCUT2D eigenvalue weighted by atomic mass is 32.2. The molecule has 3 heteroatoms. The lowest BCUT2D eigenvalue weighted by molar-refractivity contribution is 0.474. The maximum atomic E-state index is 5.93. The predicted molar refractivity (Wildman–Crippen MR) is 77.4 cm³/mol. The van der Waals surface area contributed by atoms with E-state index in [-0.39, 0.29) is 0 Å². The molecule has 2 aromatic carbocycles. The van der Waals surface area contributed by atoms with Crippen LogP contribution in [0.1, 0.15) is 11.1 Å². The number of hydrogen-bond donors (Lipinski definition) is 1. The highest BCUT2D eigenvalue weighted by Crippen LogP contribution is 2.31. The molecule has 2 nitrogen and oxygen atoms in total. The summed E-state index contributed by atoms with van der Waals surface area (Å²) in [6.45, 7) is 2.53. The van der Waals surface area contributed by atoms with Crippen LogP contribution in [0.25, 0.3) is 0 Å². The third-order valence-electron chi connectivity index (χ3n) is 2.73. The fraction of sp³-hybridized carbons (Fsp3) is 0.200. The Morgan fingerprint density at radius 1 is 1.17 bits per heavy atom. The molecule has 2 aromatic rings. The second-order valence-electron chi connectivity index (χ2n) is 4.06. The number of nitrogens with two attached hydrogens (primary N) is 1. The van der Waals surface area contributed by atoms with Gasteiger partial charge in [-0.15, -0.1) is 11.8 Å². The minimum atomic E-state index is 0.484. The first-order chi connectivity index (χ1) is 8.74. The second kappa shape index (κ2) is 5.94. The van der Waals surface area contributed by atoms with Crippen molar-refractivity contribution in [3.8, 4) is 11.5 Å². The van der Waals surface area contributed by atoms with Crippen LogP contribution in [0.15, 0.2) is 47.4 Å². The average molecular weight is 259 g/mol. The van der Waals surface area contributed by atoms with E-state index in [9.17, 15) is 0 Å². The van der Waals surface area contributed by atoms with Crippen molar-refractivity contribution in [2.75, 3.05) is 6.26 Å². The van der Waals surface area contributed by atoms with Crippen molar-refractivity contribution in [2.45, 2.75) is 18.4 Å². The predicted octanol–water partition coefficient (Wildman–Crippen LogP) is 3.97. The monoisotopic (exact) mass is 259 g/mol. The zero-order valence-corrected chi connectivity index (χ0v) is 11.5. The van der Waals surface area contributed by atoms with Gasteiger partial charge in [-0.2, -0.15) is 0 Å². The van der Waals surface area contributed by atoms with Crippen LogP contribution in [0.2, 0.25) is 0 Å². The molecule has 0 aliphatic rings. The molecular formula is C15H17NOS. The molecule has 94 valence electrons. The van der Waals surface area contributed by atoms with Crippen molar-refractivity contribution in [3.05, 3.63) is 53.6 Å². The van der Waals surface area contributed by atoms with E-state index < -0.39 is 0 Å². The first kappa shape index (κ1) is 13.0. The molecule has 0 saturated heterocycles. The third-order valence-corrected chi connectivity index (χ3v) is 3.55. The molecular weight excluding hydrogens is 242 g/mol. The van der Waals surface area contributed by atoms with Gasteiger partial charge in [0.15, 0.2) is 0 Å². The molecule has 0 atom stereocenters. The van der Waals surface area contributed by atoms with E-state index in [2.05, 4.69) is 19.1 Å². The van der Waals surface area contributed by atoms with E-state index in [4.69, 9.17) is 10.5 Å². The number of thioether (sulfide) groups is 1. The van der Waals surface area contributed by atoms with E-state index in [0.29, 0.717) is 6.54 Å². The zero-order valence-electron chi connectivity index (χ0n) is 10.6. The second-order valence-corrected chi connectivity index (χ2v) is 4.91. The Bertz CT molecular complexity index is 540. The van der Waals surface area contributed by atoms with Crippen LogP contribution in [0.4, 0.5) is 0 Å². The van der Waals surface area contributed by atoms with Crippen LogP contribution in [0.3, 0.4) is 0 Å². The van der Waals surface area contributed by atoms with Gasteiger partial charge in [-0.25, -0.2) is 0 Å². The smallest absolute Gasteiger partial charge is 0.133 e. The van der Waals surface area contributed by atoms with Gasteiger partial charge in [0.05, 0.1) is 0 Å². The Hall–Kier alpha value is -1.45. The molecule has 0 saturated carbocycles. The summed E-state index contributed by atoms with van der Waals surface area (Å²) in [5.74, 6) is 1.69. The molecule has 0 spiro atoms. The fourth-order valence-electron chi connectivity index (χ4n) is 1.84. The van der Waals surface area contributed by atoms with Crippen LogP contribution in [0, 0.1) is 6.92 Å². The SMILES string of the molecule is CSc1cccc(Oc2cccc(C)c2)c1CN. The zero-order chi connectivity index (χ0) is 13.0. The summed E-state index contributed by atoms with van der Waals surface area (Å²) >= 11 is 1.69. The maximum absolute atomic E-state index is 5.93. The Morgan fingerprint density at radius 3 is 2.61 bits per heavy atom. The van der Waals surface area contributed by atoms with Gasteiger partial charge in [-0.3, -0.25) is 0 Å². The van der Waals surface area contributed by atoms with E-state index in [1.165, 1.54) is 10.5 Å². The number of aryl methyl sites for hydroxylation is 1. The number of rotatable bonds is 4. The Balaban J connectivity index is 2.34. The first-order valence-corrected chi connectivity index (χ1v) is 7.07. The maximum Gasteiger partial charge on any atom is 0.133 e. The standard InChI is InChI=1S/C15H17NOS/c1-11-5-3-6-12(9-11)17-14-7-4-8-15(18-2)13(14)10-16/h3-9H,10,16H2,1-2H3. The molecule has 2 rings (SSSR count). The highest BCUT2D eigenvalue weighted by molar-refractivity contribution is 7.98. The molecule has 0 radical (unpaired) electrons. The summed E-state index contributed by atoms with van der Waals surface area (Å²) in [5, 5.41) is 0. The van der Waals surface area contributed by atoms with Crippen molar-refractivity contribution in [1.82, 2.24) is 0 Å². The van der Waals surface area contributed by atoms with Crippen LogP contribution in [-0.2, 0) is 6.54 Å². The van der Waals surface area contributed by atoms with Crippen molar-refractivity contribution in [3.63, 3.8) is 0 Å². The van der Waals surface area contributed by atoms with Gasteiger partial charge in [0.25, 0.3) is 0 Å². The van der Waals surface area contributed by atoms with E-state index in [0.717, 1.165) is 17.1 Å². The van der Waals surface area contributed by atoms with Gasteiger partial charge in [0.1, 0.15) is 11.5 Å². The lowest BCUT2D eigenvalue weighted by Crippen LogP contribution is -2.01. The number of benzene rings is 2. The minimum absolute atomic E-state index is 0.484. The molecule has 0 unspecified atom stereocenters. The van der Waals surface area contributed by atoms with Gasteiger partial charge >= 0.3 is 0 Å². The molecule has 0 heterocycles. The van der Waals surface area contributed by atoms with Gasteiger partial charge in [-0.1, -0.05) is 18.2 Å². The van der Waals surface area contributed by atoms with Crippen molar-refractivity contribution in [2.24, 2.45) is 5.73 Å². The van der Waals surface area contributed by atoms with E-state index in [1.54, 1.807) is 11.8 Å². The number of ether oxygens (including phenoxy) is 1. The molecule has 0 bridgehead atoms. The van der Waals surface area contributed by atoms with Crippen LogP contribution < -0.4 is 10.5 Å². The minimum Gasteiger partial charge on any atom is -0.457 e. The quantitative estimate of drug-likeness (QED) is 0.844. The first-order valence-electron chi connectivity index (χ1n) is 5.85. The summed E-state index contributed by atoms with van der Waals surface area (Å²) in [7, 11) is 0. The van der Waals surface area contributed by atoms with Gasteiger partial charge in [0.2, 0.25) is 0 Å². The van der Waals surface area contributed by atoms with Gasteiger partial charge in [0, 0.05) is 17.0 Å². The molecule has 0 aliphatic carbocycles. The molecule has 0 aliphatic heterocycles. The highest BCUT2D eigenvalue weighted by Gasteiger charge is 2.08. The largest absolute Gasteiger partial charge is 0.457 e. The van der Waals surface area contributed by atoms with E-state index >= 15 is 0 Å². The third kappa shape index (κ3) is 2.86.